The maximum absolute atomic E-state index is 5.24. The first kappa shape index (κ1) is 13.9. The Morgan fingerprint density at radius 1 is 1.13 bits per heavy atom. The lowest BCUT2D eigenvalue weighted by molar-refractivity contribution is 0.562. The summed E-state index contributed by atoms with van der Waals surface area (Å²) in [5, 5.41) is 3.38. The Morgan fingerprint density at radius 2 is 1.96 bits per heavy atom. The number of anilines is 2. The van der Waals surface area contributed by atoms with E-state index < -0.39 is 0 Å². The standard InChI is InChI=1S/C19H19N3O/c1-22(2)16-5-3-13(4-6-16)15-9-17-18(14-7-8-23-12-14)11-21-19(17)20-10-15/h3-10,12,18H,11H2,1-2H3,(H,20,21). The molecule has 1 aliphatic heterocycles. The van der Waals surface area contributed by atoms with Gasteiger partial charge in [0.15, 0.2) is 0 Å². The van der Waals surface area contributed by atoms with E-state index in [9.17, 15) is 0 Å². The Morgan fingerprint density at radius 3 is 2.65 bits per heavy atom. The van der Waals surface area contributed by atoms with Gasteiger partial charge >= 0.3 is 0 Å². The van der Waals surface area contributed by atoms with Gasteiger partial charge in [0, 0.05) is 49.6 Å². The second-order valence-electron chi connectivity index (χ2n) is 6.09. The molecular weight excluding hydrogens is 286 g/mol. The van der Waals surface area contributed by atoms with Gasteiger partial charge in [-0.15, -0.1) is 0 Å². The molecule has 0 bridgehead atoms. The van der Waals surface area contributed by atoms with Crippen molar-refractivity contribution in [2.24, 2.45) is 0 Å². The third-order valence-electron chi connectivity index (χ3n) is 4.43. The summed E-state index contributed by atoms with van der Waals surface area (Å²) in [7, 11) is 4.10. The van der Waals surface area contributed by atoms with E-state index in [2.05, 4.69) is 45.5 Å². The number of hydrogen-bond acceptors (Lipinski definition) is 4. The van der Waals surface area contributed by atoms with Gasteiger partial charge in [0.2, 0.25) is 0 Å². The zero-order valence-electron chi connectivity index (χ0n) is 13.3. The molecule has 1 unspecified atom stereocenters. The minimum Gasteiger partial charge on any atom is -0.472 e. The summed E-state index contributed by atoms with van der Waals surface area (Å²) >= 11 is 0. The molecule has 3 aromatic rings. The molecule has 0 saturated heterocycles. The summed E-state index contributed by atoms with van der Waals surface area (Å²) in [5.41, 5.74) is 5.95. The molecule has 3 heterocycles. The molecule has 0 spiro atoms. The van der Waals surface area contributed by atoms with Gasteiger partial charge in [-0.3, -0.25) is 0 Å². The van der Waals surface area contributed by atoms with Crippen molar-refractivity contribution >= 4 is 11.5 Å². The molecule has 2 aromatic heterocycles. The average Bonchev–Trinajstić information content (AvgIpc) is 3.23. The lowest BCUT2D eigenvalue weighted by Crippen LogP contribution is -2.07. The first-order valence-corrected chi connectivity index (χ1v) is 7.76. The van der Waals surface area contributed by atoms with Gasteiger partial charge in [0.05, 0.1) is 12.5 Å². The van der Waals surface area contributed by atoms with Gasteiger partial charge in [-0.2, -0.15) is 0 Å². The third kappa shape index (κ3) is 2.46. The number of pyridine rings is 1. The van der Waals surface area contributed by atoms with E-state index in [4.69, 9.17) is 4.42 Å². The fraction of sp³-hybridized carbons (Fsp3) is 0.211. The fourth-order valence-electron chi connectivity index (χ4n) is 3.08. The highest BCUT2D eigenvalue weighted by atomic mass is 16.3. The predicted molar refractivity (Wildman–Crippen MR) is 93.0 cm³/mol. The number of aromatic nitrogens is 1. The molecule has 0 amide bonds. The molecule has 4 nitrogen and oxygen atoms in total. The average molecular weight is 305 g/mol. The van der Waals surface area contributed by atoms with Gasteiger partial charge in [0.25, 0.3) is 0 Å². The highest BCUT2D eigenvalue weighted by molar-refractivity contribution is 5.70. The van der Waals surface area contributed by atoms with Crippen molar-refractivity contribution < 1.29 is 4.42 Å². The van der Waals surface area contributed by atoms with E-state index in [-0.39, 0.29) is 0 Å². The number of nitrogens with zero attached hydrogens (tertiary/aromatic N) is 2. The van der Waals surface area contributed by atoms with Gasteiger partial charge in [-0.05, 0) is 35.4 Å². The van der Waals surface area contributed by atoms with Crippen molar-refractivity contribution in [3.8, 4) is 11.1 Å². The normalized spacial score (nSPS) is 16.0. The zero-order chi connectivity index (χ0) is 15.8. The molecular formula is C19H19N3O. The molecule has 4 rings (SSSR count). The Kier molecular flexibility index (Phi) is 3.30. The van der Waals surface area contributed by atoms with Crippen molar-refractivity contribution in [2.45, 2.75) is 5.92 Å². The first-order chi connectivity index (χ1) is 11.2. The van der Waals surface area contributed by atoms with Crippen LogP contribution in [-0.4, -0.2) is 25.6 Å². The van der Waals surface area contributed by atoms with Gasteiger partial charge in [-0.25, -0.2) is 4.98 Å². The SMILES string of the molecule is CN(C)c1ccc(-c2cnc3c(c2)C(c2ccoc2)CN3)cc1. The number of furan rings is 1. The lowest BCUT2D eigenvalue weighted by atomic mass is 9.94. The quantitative estimate of drug-likeness (QED) is 0.795. The minimum atomic E-state index is 0.303. The maximum atomic E-state index is 5.24. The van der Waals surface area contributed by atoms with Crippen molar-refractivity contribution in [1.29, 1.82) is 0 Å². The number of nitrogens with one attached hydrogen (secondary N) is 1. The Bertz CT molecular complexity index is 807. The summed E-state index contributed by atoms with van der Waals surface area (Å²) in [6.45, 7) is 0.866. The molecule has 23 heavy (non-hydrogen) atoms. The van der Waals surface area contributed by atoms with Crippen LogP contribution in [0, 0.1) is 0 Å². The highest BCUT2D eigenvalue weighted by Gasteiger charge is 2.26. The van der Waals surface area contributed by atoms with E-state index in [0.717, 1.165) is 17.9 Å². The van der Waals surface area contributed by atoms with Crippen molar-refractivity contribution in [2.75, 3.05) is 30.9 Å². The van der Waals surface area contributed by atoms with E-state index >= 15 is 0 Å². The lowest BCUT2D eigenvalue weighted by Gasteiger charge is -2.13. The highest BCUT2D eigenvalue weighted by Crippen LogP contribution is 2.37. The van der Waals surface area contributed by atoms with Crippen LogP contribution in [0.2, 0.25) is 0 Å². The monoisotopic (exact) mass is 305 g/mol. The Hall–Kier alpha value is -2.75. The van der Waals surface area contributed by atoms with Crippen LogP contribution in [0.4, 0.5) is 11.5 Å². The van der Waals surface area contributed by atoms with Gasteiger partial charge in [-0.1, -0.05) is 12.1 Å². The second kappa shape index (κ2) is 5.47. The van der Waals surface area contributed by atoms with Crippen LogP contribution in [0.3, 0.4) is 0 Å². The van der Waals surface area contributed by atoms with E-state index in [1.807, 2.05) is 32.6 Å². The summed E-state index contributed by atoms with van der Waals surface area (Å²) in [5.74, 6) is 1.28. The molecule has 1 aromatic carbocycles. The minimum absolute atomic E-state index is 0.303. The molecule has 0 saturated carbocycles. The number of benzene rings is 1. The second-order valence-corrected chi connectivity index (χ2v) is 6.09. The van der Waals surface area contributed by atoms with Crippen molar-refractivity contribution in [3.63, 3.8) is 0 Å². The van der Waals surface area contributed by atoms with Crippen molar-refractivity contribution in [1.82, 2.24) is 4.98 Å². The third-order valence-corrected chi connectivity index (χ3v) is 4.43. The number of rotatable bonds is 3. The van der Waals surface area contributed by atoms with E-state index in [0.29, 0.717) is 5.92 Å². The van der Waals surface area contributed by atoms with Gasteiger partial charge in [0.1, 0.15) is 5.82 Å². The summed E-state index contributed by atoms with van der Waals surface area (Å²) < 4.78 is 5.24. The smallest absolute Gasteiger partial charge is 0.129 e. The Labute approximate surface area is 135 Å². The fourth-order valence-corrected chi connectivity index (χ4v) is 3.08. The molecule has 1 atom stereocenters. The molecule has 0 aliphatic carbocycles. The van der Waals surface area contributed by atoms with Crippen LogP contribution < -0.4 is 10.2 Å². The zero-order valence-corrected chi connectivity index (χ0v) is 13.3. The molecule has 0 fully saturated rings. The van der Waals surface area contributed by atoms with Gasteiger partial charge < -0.3 is 14.6 Å². The number of fused-ring (bicyclic) bond motifs is 1. The summed E-state index contributed by atoms with van der Waals surface area (Å²) in [6, 6.07) is 12.8. The van der Waals surface area contributed by atoms with Crippen LogP contribution >= 0.6 is 0 Å². The predicted octanol–water partition coefficient (Wildman–Crippen LogP) is 3.97. The van der Waals surface area contributed by atoms with Crippen LogP contribution in [-0.2, 0) is 0 Å². The van der Waals surface area contributed by atoms with Crippen LogP contribution in [0.1, 0.15) is 17.0 Å². The Balaban J connectivity index is 1.70. The van der Waals surface area contributed by atoms with Crippen LogP contribution in [0.5, 0.6) is 0 Å². The maximum Gasteiger partial charge on any atom is 0.129 e. The summed E-state index contributed by atoms with van der Waals surface area (Å²) in [6.07, 6.45) is 5.48. The van der Waals surface area contributed by atoms with Crippen molar-refractivity contribution in [3.05, 3.63) is 66.2 Å². The topological polar surface area (TPSA) is 41.3 Å². The first-order valence-electron chi connectivity index (χ1n) is 7.76. The van der Waals surface area contributed by atoms with E-state index in [1.54, 1.807) is 6.26 Å². The molecule has 1 N–H and O–H groups in total. The molecule has 0 radical (unpaired) electrons. The van der Waals surface area contributed by atoms with Crippen LogP contribution in [0.25, 0.3) is 11.1 Å². The summed E-state index contributed by atoms with van der Waals surface area (Å²) in [4.78, 5) is 6.70. The molecule has 116 valence electrons. The largest absolute Gasteiger partial charge is 0.472 e. The van der Waals surface area contributed by atoms with Crippen LogP contribution in [0.15, 0.2) is 59.5 Å². The molecule has 4 heteroatoms. The number of hydrogen-bond donors (Lipinski definition) is 1. The molecule has 1 aliphatic rings. The van der Waals surface area contributed by atoms with E-state index in [1.165, 1.54) is 22.4 Å².